The maximum atomic E-state index is 4.21. The van der Waals surface area contributed by atoms with Crippen LogP contribution in [0.3, 0.4) is 0 Å². The molecule has 0 atom stereocenters. The van der Waals surface area contributed by atoms with E-state index in [1.54, 1.807) is 11.3 Å². The summed E-state index contributed by atoms with van der Waals surface area (Å²) in [4.78, 5) is 4.21. The van der Waals surface area contributed by atoms with Crippen molar-refractivity contribution in [3.63, 3.8) is 0 Å². The van der Waals surface area contributed by atoms with Gasteiger partial charge in [-0.15, -0.1) is 11.3 Å². The molecule has 1 aromatic carbocycles. The summed E-state index contributed by atoms with van der Waals surface area (Å²) in [5.74, 6) is 0. The molecule has 1 heterocycles. The summed E-state index contributed by atoms with van der Waals surface area (Å²) in [6, 6.07) is 4.07. The average Bonchev–Trinajstić information content (AvgIpc) is 2.34. The molecule has 0 aliphatic carbocycles. The van der Waals surface area contributed by atoms with E-state index < -0.39 is 0 Å². The van der Waals surface area contributed by atoms with E-state index in [1.165, 1.54) is 4.70 Å². The molecular weight excluding hydrogens is 290 g/mol. The molecule has 0 bridgehead atoms. The second-order valence-corrected chi connectivity index (χ2v) is 4.74. The molecule has 0 aliphatic heterocycles. The van der Waals surface area contributed by atoms with Gasteiger partial charge >= 0.3 is 0 Å². The van der Waals surface area contributed by atoms with Crippen LogP contribution in [-0.4, -0.2) is 4.98 Å². The van der Waals surface area contributed by atoms with Crippen LogP contribution in [0, 0.1) is 0 Å². The molecule has 4 heteroatoms. The highest BCUT2D eigenvalue weighted by molar-refractivity contribution is 9.11. The maximum Gasteiger partial charge on any atom is 0.0954 e. The SMILES string of the molecule is Brc1cc(Br)c2ncsc2c1. The third kappa shape index (κ3) is 1.35. The Morgan fingerprint density at radius 2 is 2.09 bits per heavy atom. The van der Waals surface area contributed by atoms with Crippen molar-refractivity contribution < 1.29 is 0 Å². The summed E-state index contributed by atoms with van der Waals surface area (Å²) in [5.41, 5.74) is 2.89. The van der Waals surface area contributed by atoms with E-state index in [0.717, 1.165) is 14.5 Å². The van der Waals surface area contributed by atoms with Crippen molar-refractivity contribution in [2.24, 2.45) is 0 Å². The molecule has 1 aromatic heterocycles. The normalized spacial score (nSPS) is 10.7. The fraction of sp³-hybridized carbons (Fsp3) is 0. The minimum atomic E-state index is 1.04. The Labute approximate surface area is 84.7 Å². The highest BCUT2D eigenvalue weighted by Crippen LogP contribution is 2.29. The predicted molar refractivity (Wildman–Crippen MR) is 55.0 cm³/mol. The lowest BCUT2D eigenvalue weighted by Gasteiger charge is -1.93. The molecule has 0 aliphatic rings. The number of hydrogen-bond donors (Lipinski definition) is 0. The molecule has 0 fully saturated rings. The summed E-state index contributed by atoms with van der Waals surface area (Å²) < 4.78 is 3.33. The molecule has 0 saturated heterocycles. The monoisotopic (exact) mass is 291 g/mol. The van der Waals surface area contributed by atoms with Crippen molar-refractivity contribution in [2.45, 2.75) is 0 Å². The van der Waals surface area contributed by atoms with Crippen molar-refractivity contribution in [1.82, 2.24) is 4.98 Å². The maximum absolute atomic E-state index is 4.21. The zero-order valence-electron chi connectivity index (χ0n) is 5.34. The van der Waals surface area contributed by atoms with Gasteiger partial charge in [-0.1, -0.05) is 15.9 Å². The molecule has 2 aromatic rings. The Hall–Kier alpha value is 0.0700. The van der Waals surface area contributed by atoms with Gasteiger partial charge in [0, 0.05) is 8.95 Å². The van der Waals surface area contributed by atoms with Gasteiger partial charge in [0.05, 0.1) is 15.7 Å². The first-order valence-corrected chi connectivity index (χ1v) is 5.42. The lowest BCUT2D eigenvalue weighted by molar-refractivity contribution is 1.48. The molecule has 0 unspecified atom stereocenters. The van der Waals surface area contributed by atoms with Crippen LogP contribution >= 0.6 is 43.2 Å². The Kier molecular flexibility index (Phi) is 1.99. The first-order valence-electron chi connectivity index (χ1n) is 2.95. The standard InChI is InChI=1S/C7H3Br2NS/c8-4-1-5(9)7-6(2-4)11-3-10-7/h1-3H. The summed E-state index contributed by atoms with van der Waals surface area (Å²) in [6.07, 6.45) is 0. The molecule has 0 N–H and O–H groups in total. The van der Waals surface area contributed by atoms with Gasteiger partial charge in [-0.2, -0.15) is 0 Å². The molecule has 0 amide bonds. The van der Waals surface area contributed by atoms with E-state index in [1.807, 2.05) is 11.6 Å². The molecule has 56 valence electrons. The predicted octanol–water partition coefficient (Wildman–Crippen LogP) is 3.82. The highest BCUT2D eigenvalue weighted by Gasteiger charge is 2.01. The topological polar surface area (TPSA) is 12.9 Å². The van der Waals surface area contributed by atoms with E-state index in [-0.39, 0.29) is 0 Å². The van der Waals surface area contributed by atoms with Gasteiger partial charge in [0.1, 0.15) is 0 Å². The van der Waals surface area contributed by atoms with Gasteiger partial charge in [-0.3, -0.25) is 0 Å². The van der Waals surface area contributed by atoms with Gasteiger partial charge in [-0.05, 0) is 28.1 Å². The quantitative estimate of drug-likeness (QED) is 0.719. The van der Waals surface area contributed by atoms with E-state index >= 15 is 0 Å². The number of nitrogens with zero attached hydrogens (tertiary/aromatic N) is 1. The minimum Gasteiger partial charge on any atom is -0.243 e. The zero-order chi connectivity index (χ0) is 7.84. The minimum absolute atomic E-state index is 1.04. The summed E-state index contributed by atoms with van der Waals surface area (Å²) >= 11 is 8.50. The Bertz CT molecular complexity index is 396. The number of hydrogen-bond acceptors (Lipinski definition) is 2. The first kappa shape index (κ1) is 7.71. The van der Waals surface area contributed by atoms with E-state index in [0.29, 0.717) is 0 Å². The molecule has 11 heavy (non-hydrogen) atoms. The molecule has 0 spiro atoms. The fourth-order valence-electron chi connectivity index (χ4n) is 0.893. The Morgan fingerprint density at radius 3 is 2.91 bits per heavy atom. The van der Waals surface area contributed by atoms with Crippen molar-refractivity contribution >= 4 is 53.4 Å². The fourth-order valence-corrected chi connectivity index (χ4v) is 3.24. The van der Waals surface area contributed by atoms with E-state index in [4.69, 9.17) is 0 Å². The number of benzene rings is 1. The van der Waals surface area contributed by atoms with Gasteiger partial charge < -0.3 is 0 Å². The van der Waals surface area contributed by atoms with Crippen molar-refractivity contribution in [2.75, 3.05) is 0 Å². The molecule has 0 saturated carbocycles. The van der Waals surface area contributed by atoms with Crippen LogP contribution in [-0.2, 0) is 0 Å². The number of thiazole rings is 1. The largest absolute Gasteiger partial charge is 0.243 e. The smallest absolute Gasteiger partial charge is 0.0954 e. The van der Waals surface area contributed by atoms with Gasteiger partial charge in [0.25, 0.3) is 0 Å². The van der Waals surface area contributed by atoms with Gasteiger partial charge in [0.15, 0.2) is 0 Å². The number of rotatable bonds is 0. The van der Waals surface area contributed by atoms with Crippen LogP contribution in [0.5, 0.6) is 0 Å². The lowest BCUT2D eigenvalue weighted by Crippen LogP contribution is -1.70. The van der Waals surface area contributed by atoms with Crippen LogP contribution < -0.4 is 0 Å². The van der Waals surface area contributed by atoms with Crippen LogP contribution in [0.15, 0.2) is 26.6 Å². The van der Waals surface area contributed by atoms with Gasteiger partial charge in [0.2, 0.25) is 0 Å². The zero-order valence-corrected chi connectivity index (χ0v) is 9.33. The third-order valence-electron chi connectivity index (χ3n) is 1.35. The van der Waals surface area contributed by atoms with E-state index in [9.17, 15) is 0 Å². The average molecular weight is 293 g/mol. The number of halogens is 2. The second kappa shape index (κ2) is 2.84. The van der Waals surface area contributed by atoms with Crippen LogP contribution in [0.1, 0.15) is 0 Å². The van der Waals surface area contributed by atoms with E-state index in [2.05, 4.69) is 42.9 Å². The third-order valence-corrected chi connectivity index (χ3v) is 3.19. The summed E-state index contributed by atoms with van der Waals surface area (Å²) in [7, 11) is 0. The van der Waals surface area contributed by atoms with Crippen molar-refractivity contribution in [3.05, 3.63) is 26.6 Å². The second-order valence-electron chi connectivity index (χ2n) is 2.09. The molecular formula is C7H3Br2NS. The summed E-state index contributed by atoms with van der Waals surface area (Å²) in [6.45, 7) is 0. The van der Waals surface area contributed by atoms with Crippen molar-refractivity contribution in [1.29, 1.82) is 0 Å². The Balaban J connectivity index is 2.91. The van der Waals surface area contributed by atoms with Crippen LogP contribution in [0.25, 0.3) is 10.2 Å². The van der Waals surface area contributed by atoms with Crippen LogP contribution in [0.2, 0.25) is 0 Å². The number of fused-ring (bicyclic) bond motifs is 1. The lowest BCUT2D eigenvalue weighted by atomic mass is 10.3. The Morgan fingerprint density at radius 1 is 1.27 bits per heavy atom. The number of aromatic nitrogens is 1. The first-order chi connectivity index (χ1) is 5.27. The van der Waals surface area contributed by atoms with Crippen molar-refractivity contribution in [3.8, 4) is 0 Å². The highest BCUT2D eigenvalue weighted by atomic mass is 79.9. The molecule has 0 radical (unpaired) electrons. The molecule has 2 rings (SSSR count). The molecule has 1 nitrogen and oxygen atoms in total. The summed E-state index contributed by atoms with van der Waals surface area (Å²) in [5, 5.41) is 0. The van der Waals surface area contributed by atoms with Gasteiger partial charge in [-0.25, -0.2) is 4.98 Å². The van der Waals surface area contributed by atoms with Crippen LogP contribution in [0.4, 0.5) is 0 Å².